The van der Waals surface area contributed by atoms with E-state index in [0.717, 1.165) is 31.7 Å². The van der Waals surface area contributed by atoms with Crippen LogP contribution in [0.5, 0.6) is 0 Å². The first kappa shape index (κ1) is 15.7. The molecule has 1 aliphatic heterocycles. The van der Waals surface area contributed by atoms with Gasteiger partial charge in [-0.15, -0.1) is 10.2 Å². The molecular formula is C17H23N4O2+. The van der Waals surface area contributed by atoms with Crippen LogP contribution in [0.1, 0.15) is 31.3 Å². The summed E-state index contributed by atoms with van der Waals surface area (Å²) in [5.41, 5.74) is 2.12. The van der Waals surface area contributed by atoms with E-state index >= 15 is 0 Å². The zero-order valence-electron chi connectivity index (χ0n) is 13.9. The predicted octanol–water partition coefficient (Wildman–Crippen LogP) is 0.853. The summed E-state index contributed by atoms with van der Waals surface area (Å²) in [5, 5.41) is 8.43. The van der Waals surface area contributed by atoms with E-state index in [-0.39, 0.29) is 11.9 Å². The molecule has 23 heavy (non-hydrogen) atoms. The first-order valence-electron chi connectivity index (χ1n) is 8.05. The van der Waals surface area contributed by atoms with Gasteiger partial charge in [-0.1, -0.05) is 17.7 Å². The van der Waals surface area contributed by atoms with Crippen LogP contribution >= 0.6 is 0 Å². The second-order valence-corrected chi connectivity index (χ2v) is 6.20. The Morgan fingerprint density at radius 2 is 2.04 bits per heavy atom. The van der Waals surface area contributed by atoms with Gasteiger partial charge in [0.25, 0.3) is 5.89 Å². The molecular weight excluding hydrogens is 292 g/mol. The Morgan fingerprint density at radius 1 is 1.30 bits per heavy atom. The Hall–Kier alpha value is -2.21. The second kappa shape index (κ2) is 6.50. The minimum atomic E-state index is 0.134. The number of piperazine rings is 1. The number of nitrogens with zero attached hydrogens (tertiary/aromatic N) is 3. The lowest BCUT2D eigenvalue weighted by atomic mass is 10.1. The standard InChI is InChI=1S/C17H22N4O2/c1-12-5-4-6-15(11-12)17-19-18-16(23-17)13(2)20-7-9-21(10-8-20)14(3)22/h4-6,11,13H,7-10H2,1-3H3/p+1/t13-/m1/s1. The molecule has 2 heterocycles. The maximum atomic E-state index is 11.4. The molecule has 122 valence electrons. The van der Waals surface area contributed by atoms with E-state index in [0.29, 0.717) is 11.8 Å². The number of carbonyl (C=O) groups is 1. The van der Waals surface area contributed by atoms with Crippen molar-refractivity contribution in [2.24, 2.45) is 0 Å². The van der Waals surface area contributed by atoms with Crippen molar-refractivity contribution in [2.75, 3.05) is 26.2 Å². The summed E-state index contributed by atoms with van der Waals surface area (Å²) in [5.74, 6) is 1.38. The smallest absolute Gasteiger partial charge is 0.274 e. The van der Waals surface area contributed by atoms with Gasteiger partial charge in [-0.2, -0.15) is 0 Å². The third-order valence-electron chi connectivity index (χ3n) is 4.54. The van der Waals surface area contributed by atoms with Crippen molar-refractivity contribution in [3.63, 3.8) is 0 Å². The summed E-state index contributed by atoms with van der Waals surface area (Å²) < 4.78 is 5.89. The van der Waals surface area contributed by atoms with Crippen molar-refractivity contribution >= 4 is 5.91 Å². The zero-order chi connectivity index (χ0) is 16.4. The Morgan fingerprint density at radius 3 is 2.70 bits per heavy atom. The highest BCUT2D eigenvalue weighted by molar-refractivity contribution is 5.73. The number of carbonyl (C=O) groups excluding carboxylic acids is 1. The maximum absolute atomic E-state index is 11.4. The van der Waals surface area contributed by atoms with E-state index in [1.165, 1.54) is 10.5 Å². The van der Waals surface area contributed by atoms with Gasteiger partial charge in [0.15, 0.2) is 6.04 Å². The van der Waals surface area contributed by atoms with Crippen LogP contribution < -0.4 is 4.90 Å². The molecule has 0 bridgehead atoms. The molecule has 1 N–H and O–H groups in total. The molecule has 2 aromatic rings. The molecule has 1 aromatic carbocycles. The largest absolute Gasteiger partial charge is 0.415 e. The molecule has 3 rings (SSSR count). The fourth-order valence-corrected chi connectivity index (χ4v) is 3.02. The molecule has 6 nitrogen and oxygen atoms in total. The van der Waals surface area contributed by atoms with Crippen molar-refractivity contribution in [2.45, 2.75) is 26.8 Å². The third kappa shape index (κ3) is 3.42. The van der Waals surface area contributed by atoms with Crippen molar-refractivity contribution < 1.29 is 14.1 Å². The lowest BCUT2D eigenvalue weighted by Gasteiger charge is -2.33. The van der Waals surface area contributed by atoms with Crippen LogP contribution in [0, 0.1) is 6.92 Å². The molecule has 1 aromatic heterocycles. The van der Waals surface area contributed by atoms with Crippen molar-refractivity contribution in [3.05, 3.63) is 35.7 Å². The van der Waals surface area contributed by atoms with Crippen molar-refractivity contribution in [1.82, 2.24) is 15.1 Å². The highest BCUT2D eigenvalue weighted by Gasteiger charge is 2.29. The highest BCUT2D eigenvalue weighted by Crippen LogP contribution is 2.20. The van der Waals surface area contributed by atoms with E-state index in [1.807, 2.05) is 36.1 Å². The minimum Gasteiger partial charge on any atom is -0.415 e. The minimum absolute atomic E-state index is 0.134. The lowest BCUT2D eigenvalue weighted by molar-refractivity contribution is -0.934. The van der Waals surface area contributed by atoms with E-state index in [4.69, 9.17) is 4.42 Å². The molecule has 1 aliphatic rings. The van der Waals surface area contributed by atoms with Crippen LogP contribution in [0.3, 0.4) is 0 Å². The monoisotopic (exact) mass is 315 g/mol. The van der Waals surface area contributed by atoms with Gasteiger partial charge in [0.05, 0.1) is 26.2 Å². The fraction of sp³-hybridized carbons (Fsp3) is 0.471. The van der Waals surface area contributed by atoms with Crippen LogP contribution in [-0.2, 0) is 4.79 Å². The molecule has 1 fully saturated rings. The number of aromatic nitrogens is 2. The number of hydrogen-bond donors (Lipinski definition) is 1. The number of aryl methyl sites for hydroxylation is 1. The number of nitrogens with one attached hydrogen (secondary N) is 1. The zero-order valence-corrected chi connectivity index (χ0v) is 13.9. The molecule has 1 atom stereocenters. The average molecular weight is 315 g/mol. The normalized spacial score (nSPS) is 17.3. The van der Waals surface area contributed by atoms with Crippen LogP contribution in [0.2, 0.25) is 0 Å². The SMILES string of the molecule is CC(=O)N1CC[NH+]([C@H](C)c2nnc(-c3cccc(C)c3)o2)CC1. The summed E-state index contributed by atoms with van der Waals surface area (Å²) in [7, 11) is 0. The van der Waals surface area contributed by atoms with E-state index in [9.17, 15) is 4.79 Å². The number of amides is 1. The Balaban J connectivity index is 1.69. The van der Waals surface area contributed by atoms with Gasteiger partial charge in [0.2, 0.25) is 11.8 Å². The van der Waals surface area contributed by atoms with Crippen LogP contribution in [0.4, 0.5) is 0 Å². The summed E-state index contributed by atoms with van der Waals surface area (Å²) in [6, 6.07) is 8.19. The van der Waals surface area contributed by atoms with Gasteiger partial charge in [0.1, 0.15) is 0 Å². The lowest BCUT2D eigenvalue weighted by Crippen LogP contribution is -3.14. The highest BCUT2D eigenvalue weighted by atomic mass is 16.4. The topological polar surface area (TPSA) is 63.7 Å². The van der Waals surface area contributed by atoms with Gasteiger partial charge < -0.3 is 14.2 Å². The average Bonchev–Trinajstić information content (AvgIpc) is 3.04. The van der Waals surface area contributed by atoms with Gasteiger partial charge in [-0.25, -0.2) is 0 Å². The summed E-state index contributed by atoms with van der Waals surface area (Å²) in [6.07, 6.45) is 0. The van der Waals surface area contributed by atoms with Crippen molar-refractivity contribution in [3.8, 4) is 11.5 Å². The third-order valence-corrected chi connectivity index (χ3v) is 4.54. The van der Waals surface area contributed by atoms with E-state index in [2.05, 4.69) is 17.1 Å². The van der Waals surface area contributed by atoms with Crippen molar-refractivity contribution in [1.29, 1.82) is 0 Å². The van der Waals surface area contributed by atoms with E-state index < -0.39 is 0 Å². The number of quaternary nitrogens is 1. The Labute approximate surface area is 136 Å². The summed E-state index contributed by atoms with van der Waals surface area (Å²) in [6.45, 7) is 9.16. The summed E-state index contributed by atoms with van der Waals surface area (Å²) in [4.78, 5) is 14.7. The first-order chi connectivity index (χ1) is 11.0. The van der Waals surface area contributed by atoms with E-state index in [1.54, 1.807) is 6.92 Å². The van der Waals surface area contributed by atoms with Gasteiger partial charge >= 0.3 is 0 Å². The molecule has 1 saturated heterocycles. The van der Waals surface area contributed by atoms with Gasteiger partial charge in [-0.05, 0) is 26.0 Å². The molecule has 0 radical (unpaired) electrons. The number of benzene rings is 1. The van der Waals surface area contributed by atoms with Gasteiger partial charge in [0, 0.05) is 12.5 Å². The van der Waals surface area contributed by atoms with Crippen LogP contribution in [-0.4, -0.2) is 47.2 Å². The van der Waals surface area contributed by atoms with Gasteiger partial charge in [-0.3, -0.25) is 4.79 Å². The molecule has 0 spiro atoms. The second-order valence-electron chi connectivity index (χ2n) is 6.20. The molecule has 6 heteroatoms. The fourth-order valence-electron chi connectivity index (χ4n) is 3.02. The molecule has 0 unspecified atom stereocenters. The molecule has 0 aliphatic carbocycles. The summed E-state index contributed by atoms with van der Waals surface area (Å²) >= 11 is 0. The Bertz CT molecular complexity index is 689. The molecule has 0 saturated carbocycles. The maximum Gasteiger partial charge on any atom is 0.274 e. The molecule has 1 amide bonds. The quantitative estimate of drug-likeness (QED) is 0.912. The predicted molar refractivity (Wildman–Crippen MR) is 85.8 cm³/mol. The van der Waals surface area contributed by atoms with Crippen LogP contribution in [0.25, 0.3) is 11.5 Å². The number of hydrogen-bond acceptors (Lipinski definition) is 4. The van der Waals surface area contributed by atoms with Crippen LogP contribution in [0.15, 0.2) is 28.7 Å². The Kier molecular flexibility index (Phi) is 4.43. The first-order valence-corrected chi connectivity index (χ1v) is 8.05. The number of rotatable bonds is 3.